The van der Waals surface area contributed by atoms with Crippen LogP contribution in [0.4, 0.5) is 16.2 Å². The minimum atomic E-state index is -0.232. The van der Waals surface area contributed by atoms with Crippen molar-refractivity contribution in [3.8, 4) is 0 Å². The molecule has 1 aliphatic heterocycles. The van der Waals surface area contributed by atoms with E-state index >= 15 is 0 Å². The van der Waals surface area contributed by atoms with Crippen LogP contribution < -0.4 is 10.2 Å². The largest absolute Gasteiger partial charge is 0.324 e. The first-order chi connectivity index (χ1) is 14.6. The summed E-state index contributed by atoms with van der Waals surface area (Å²) in [6.07, 6.45) is 0.875. The molecule has 1 fully saturated rings. The number of hydrogen-bond donors (Lipinski definition) is 1. The molecule has 3 aromatic rings. The zero-order valence-corrected chi connectivity index (χ0v) is 17.2. The second-order valence-corrected chi connectivity index (χ2v) is 7.64. The van der Waals surface area contributed by atoms with Gasteiger partial charge in [-0.3, -0.25) is 9.69 Å². The second-order valence-electron chi connectivity index (χ2n) is 7.21. The molecular formula is C24H22ClN3O2. The lowest BCUT2D eigenvalue weighted by Crippen LogP contribution is -2.49. The van der Waals surface area contributed by atoms with E-state index in [-0.39, 0.29) is 11.9 Å². The molecule has 1 saturated heterocycles. The smallest absolute Gasteiger partial charge is 0.322 e. The number of anilines is 2. The molecule has 0 atom stereocenters. The van der Waals surface area contributed by atoms with Crippen LogP contribution in [0.15, 0.2) is 78.9 Å². The molecule has 0 spiro atoms. The number of halogens is 1. The fourth-order valence-electron chi connectivity index (χ4n) is 3.52. The van der Waals surface area contributed by atoms with Crippen LogP contribution >= 0.6 is 11.6 Å². The zero-order chi connectivity index (χ0) is 20.9. The third kappa shape index (κ3) is 4.63. The minimum absolute atomic E-state index is 0.0413. The highest BCUT2D eigenvalue weighted by Crippen LogP contribution is 2.23. The van der Waals surface area contributed by atoms with E-state index in [1.807, 2.05) is 41.3 Å². The Labute approximate surface area is 180 Å². The van der Waals surface area contributed by atoms with E-state index in [0.717, 1.165) is 24.2 Å². The number of carbonyl (C=O) groups is 2. The second kappa shape index (κ2) is 9.01. The molecule has 0 bridgehead atoms. The fourth-order valence-corrected chi connectivity index (χ4v) is 3.65. The molecule has 0 unspecified atom stereocenters. The third-order valence-electron chi connectivity index (χ3n) is 5.05. The molecule has 5 nitrogen and oxygen atoms in total. The first-order valence-corrected chi connectivity index (χ1v) is 10.3. The van der Waals surface area contributed by atoms with Gasteiger partial charge in [0.15, 0.2) is 0 Å². The van der Waals surface area contributed by atoms with Crippen molar-refractivity contribution in [3.05, 3.63) is 95.0 Å². The van der Waals surface area contributed by atoms with E-state index in [4.69, 9.17) is 11.6 Å². The van der Waals surface area contributed by atoms with Gasteiger partial charge in [-0.25, -0.2) is 4.79 Å². The van der Waals surface area contributed by atoms with E-state index in [2.05, 4.69) is 5.32 Å². The van der Waals surface area contributed by atoms with Crippen molar-refractivity contribution in [2.45, 2.75) is 13.0 Å². The van der Waals surface area contributed by atoms with Gasteiger partial charge in [0, 0.05) is 41.6 Å². The summed E-state index contributed by atoms with van der Waals surface area (Å²) in [4.78, 5) is 29.3. The molecule has 0 radical (unpaired) electrons. The van der Waals surface area contributed by atoms with Gasteiger partial charge in [-0.05, 0) is 54.4 Å². The van der Waals surface area contributed by atoms with Crippen LogP contribution in [0.1, 0.15) is 22.3 Å². The quantitative estimate of drug-likeness (QED) is 0.599. The molecule has 1 aliphatic rings. The normalized spacial score (nSPS) is 14.0. The minimum Gasteiger partial charge on any atom is -0.322 e. The number of benzene rings is 3. The van der Waals surface area contributed by atoms with Gasteiger partial charge in [-0.1, -0.05) is 48.0 Å². The van der Waals surface area contributed by atoms with E-state index in [0.29, 0.717) is 29.4 Å². The maximum atomic E-state index is 13.1. The Kier molecular flexibility index (Phi) is 6.00. The van der Waals surface area contributed by atoms with Crippen molar-refractivity contribution in [2.75, 3.05) is 23.3 Å². The van der Waals surface area contributed by atoms with Gasteiger partial charge in [0.25, 0.3) is 5.91 Å². The summed E-state index contributed by atoms with van der Waals surface area (Å²) in [5, 5.41) is 3.47. The van der Waals surface area contributed by atoms with Crippen molar-refractivity contribution in [2.24, 2.45) is 0 Å². The Hall–Kier alpha value is -3.31. The molecule has 3 amide bonds. The van der Waals surface area contributed by atoms with Crippen LogP contribution in [0.5, 0.6) is 0 Å². The van der Waals surface area contributed by atoms with Crippen LogP contribution in [0.3, 0.4) is 0 Å². The summed E-state index contributed by atoms with van der Waals surface area (Å²) in [6, 6.07) is 24.0. The average molecular weight is 420 g/mol. The number of urea groups is 1. The first-order valence-electron chi connectivity index (χ1n) is 9.87. The highest BCUT2D eigenvalue weighted by molar-refractivity contribution is 6.30. The number of nitrogens with one attached hydrogen (secondary N) is 1. The van der Waals surface area contributed by atoms with Crippen molar-refractivity contribution in [1.29, 1.82) is 0 Å². The molecular weight excluding hydrogens is 398 g/mol. The first kappa shape index (κ1) is 20.0. The predicted molar refractivity (Wildman–Crippen MR) is 120 cm³/mol. The number of nitrogens with zero attached hydrogens (tertiary/aromatic N) is 2. The molecule has 1 N–H and O–H groups in total. The van der Waals surface area contributed by atoms with Crippen LogP contribution in [-0.2, 0) is 6.54 Å². The zero-order valence-electron chi connectivity index (χ0n) is 16.4. The van der Waals surface area contributed by atoms with Crippen LogP contribution in [0.2, 0.25) is 5.02 Å². The third-order valence-corrected chi connectivity index (χ3v) is 5.30. The molecule has 1 heterocycles. The van der Waals surface area contributed by atoms with Gasteiger partial charge >= 0.3 is 6.03 Å². The molecule has 3 aromatic carbocycles. The highest BCUT2D eigenvalue weighted by Gasteiger charge is 2.27. The summed E-state index contributed by atoms with van der Waals surface area (Å²) in [6.45, 7) is 1.93. The maximum absolute atomic E-state index is 13.1. The van der Waals surface area contributed by atoms with Crippen molar-refractivity contribution in [3.63, 3.8) is 0 Å². The lowest BCUT2D eigenvalue weighted by molar-refractivity contribution is 0.102. The fraction of sp³-hybridized carbons (Fsp3) is 0.167. The lowest BCUT2D eigenvalue weighted by atomic mass is 10.1. The van der Waals surface area contributed by atoms with Gasteiger partial charge in [0.2, 0.25) is 0 Å². The molecule has 30 heavy (non-hydrogen) atoms. The summed E-state index contributed by atoms with van der Waals surface area (Å²) < 4.78 is 0. The van der Waals surface area contributed by atoms with Crippen LogP contribution in [0, 0.1) is 0 Å². The van der Waals surface area contributed by atoms with Crippen LogP contribution in [-0.4, -0.2) is 29.9 Å². The van der Waals surface area contributed by atoms with Crippen molar-refractivity contribution >= 4 is 34.9 Å². The summed E-state index contributed by atoms with van der Waals surface area (Å²) >= 11 is 5.89. The van der Waals surface area contributed by atoms with Crippen molar-refractivity contribution in [1.82, 2.24) is 4.90 Å². The molecule has 0 saturated carbocycles. The van der Waals surface area contributed by atoms with E-state index in [1.165, 1.54) is 0 Å². The van der Waals surface area contributed by atoms with Gasteiger partial charge in [0.05, 0.1) is 0 Å². The summed E-state index contributed by atoms with van der Waals surface area (Å²) in [5.41, 5.74) is 2.98. The molecule has 0 aliphatic carbocycles. The number of hydrogen-bond acceptors (Lipinski definition) is 2. The number of carbonyl (C=O) groups excluding carboxylic acids is 2. The Bertz CT molecular complexity index is 1040. The van der Waals surface area contributed by atoms with E-state index < -0.39 is 0 Å². The number of rotatable bonds is 5. The Morgan fingerprint density at radius 1 is 0.933 bits per heavy atom. The molecule has 6 heteroatoms. The lowest BCUT2D eigenvalue weighted by Gasteiger charge is -2.35. The highest BCUT2D eigenvalue weighted by atomic mass is 35.5. The topological polar surface area (TPSA) is 52.7 Å². The SMILES string of the molecule is O=C(Nc1ccc(Cl)cc1)c1cccc(N2CCCN(Cc3ccccc3)C2=O)c1. The Morgan fingerprint density at radius 3 is 2.47 bits per heavy atom. The number of amides is 3. The Balaban J connectivity index is 1.49. The standard InChI is InChI=1S/C24H22ClN3O2/c25-20-10-12-21(13-11-20)26-23(29)19-8-4-9-22(16-19)28-15-5-14-27(24(28)30)17-18-6-2-1-3-7-18/h1-4,6-13,16H,5,14-15,17H2,(H,26,29). The van der Waals surface area contributed by atoms with E-state index in [1.54, 1.807) is 47.4 Å². The molecule has 152 valence electrons. The summed E-state index contributed by atoms with van der Waals surface area (Å²) in [5.74, 6) is -0.232. The molecule has 4 rings (SSSR count). The maximum Gasteiger partial charge on any atom is 0.324 e. The van der Waals surface area contributed by atoms with Gasteiger partial charge in [0.1, 0.15) is 0 Å². The van der Waals surface area contributed by atoms with Gasteiger partial charge < -0.3 is 10.2 Å². The van der Waals surface area contributed by atoms with E-state index in [9.17, 15) is 9.59 Å². The van der Waals surface area contributed by atoms with Gasteiger partial charge in [-0.15, -0.1) is 0 Å². The molecule has 0 aromatic heterocycles. The predicted octanol–water partition coefficient (Wildman–Crippen LogP) is 5.42. The van der Waals surface area contributed by atoms with Gasteiger partial charge in [-0.2, -0.15) is 0 Å². The van der Waals surface area contributed by atoms with Crippen LogP contribution in [0.25, 0.3) is 0 Å². The monoisotopic (exact) mass is 419 g/mol. The average Bonchev–Trinajstić information content (AvgIpc) is 2.77. The Morgan fingerprint density at radius 2 is 1.70 bits per heavy atom. The van der Waals surface area contributed by atoms with Crippen molar-refractivity contribution < 1.29 is 9.59 Å². The summed E-state index contributed by atoms with van der Waals surface area (Å²) in [7, 11) is 0.